The monoisotopic (exact) mass is 363 g/mol. The fourth-order valence-electron chi connectivity index (χ4n) is 2.04. The zero-order valence-corrected chi connectivity index (χ0v) is 14.7. The van der Waals surface area contributed by atoms with Crippen LogP contribution in [0.15, 0.2) is 36.7 Å². The van der Waals surface area contributed by atoms with Gasteiger partial charge in [-0.1, -0.05) is 25.4 Å². The average molecular weight is 364 g/mol. The third kappa shape index (κ3) is 5.53. The van der Waals surface area contributed by atoms with Crippen LogP contribution in [0.2, 0.25) is 5.02 Å². The molecule has 1 heterocycles. The van der Waals surface area contributed by atoms with Gasteiger partial charge in [0, 0.05) is 24.6 Å². The van der Waals surface area contributed by atoms with Gasteiger partial charge in [-0.25, -0.2) is 4.39 Å². The van der Waals surface area contributed by atoms with Gasteiger partial charge >= 0.3 is 0 Å². The van der Waals surface area contributed by atoms with Crippen molar-refractivity contribution in [2.45, 2.75) is 20.3 Å². The van der Waals surface area contributed by atoms with E-state index in [4.69, 9.17) is 11.6 Å². The molecule has 1 aromatic carbocycles. The third-order valence-corrected chi connectivity index (χ3v) is 3.74. The highest BCUT2D eigenvalue weighted by Crippen LogP contribution is 2.20. The number of carbonyl (C=O) groups is 2. The molecule has 2 N–H and O–H groups in total. The van der Waals surface area contributed by atoms with Crippen LogP contribution in [0, 0.1) is 11.7 Å². The largest absolute Gasteiger partial charge is 0.352 e. The predicted molar refractivity (Wildman–Crippen MR) is 95.4 cm³/mol. The molecule has 0 bridgehead atoms. The number of hydrogen-bond acceptors (Lipinski definition) is 3. The maximum absolute atomic E-state index is 13.2. The van der Waals surface area contributed by atoms with Crippen LogP contribution in [0.1, 0.15) is 41.0 Å². The molecular weight excluding hydrogens is 345 g/mol. The van der Waals surface area contributed by atoms with Crippen molar-refractivity contribution in [2.24, 2.45) is 5.92 Å². The van der Waals surface area contributed by atoms with Gasteiger partial charge in [-0.3, -0.25) is 14.6 Å². The van der Waals surface area contributed by atoms with Gasteiger partial charge in [0.15, 0.2) is 0 Å². The Morgan fingerprint density at radius 1 is 1.16 bits per heavy atom. The SMILES string of the molecule is CC(C)CCNC(=O)c1cncc(C(=O)Nc2ccc(F)c(Cl)c2)c1. The van der Waals surface area contributed by atoms with E-state index in [0.717, 1.165) is 12.5 Å². The molecule has 25 heavy (non-hydrogen) atoms. The van der Waals surface area contributed by atoms with Crippen molar-refractivity contribution in [1.29, 1.82) is 0 Å². The quantitative estimate of drug-likeness (QED) is 0.817. The molecule has 0 saturated heterocycles. The van der Waals surface area contributed by atoms with Crippen LogP contribution in [-0.2, 0) is 0 Å². The molecule has 0 aliphatic heterocycles. The van der Waals surface area contributed by atoms with Gasteiger partial charge in [0.2, 0.25) is 0 Å². The number of hydrogen-bond donors (Lipinski definition) is 2. The Labute approximate surface area is 150 Å². The Hall–Kier alpha value is -2.47. The summed E-state index contributed by atoms with van der Waals surface area (Å²) in [4.78, 5) is 28.3. The van der Waals surface area contributed by atoms with Crippen LogP contribution < -0.4 is 10.6 Å². The lowest BCUT2D eigenvalue weighted by Gasteiger charge is -2.09. The number of rotatable bonds is 6. The van der Waals surface area contributed by atoms with E-state index in [1.54, 1.807) is 0 Å². The summed E-state index contributed by atoms with van der Waals surface area (Å²) in [7, 11) is 0. The summed E-state index contributed by atoms with van der Waals surface area (Å²) in [6.45, 7) is 4.70. The molecule has 0 unspecified atom stereocenters. The molecule has 2 aromatic rings. The maximum Gasteiger partial charge on any atom is 0.257 e. The summed E-state index contributed by atoms with van der Waals surface area (Å²) in [5, 5.41) is 5.29. The van der Waals surface area contributed by atoms with E-state index in [1.807, 2.05) is 0 Å². The fraction of sp³-hybridized carbons (Fsp3) is 0.278. The van der Waals surface area contributed by atoms with E-state index in [2.05, 4.69) is 29.5 Å². The lowest BCUT2D eigenvalue weighted by molar-refractivity contribution is 0.0951. The first kappa shape index (κ1) is 18.9. The molecule has 5 nitrogen and oxygen atoms in total. The summed E-state index contributed by atoms with van der Waals surface area (Å²) >= 11 is 5.69. The first-order valence-corrected chi connectivity index (χ1v) is 8.24. The highest BCUT2D eigenvalue weighted by molar-refractivity contribution is 6.31. The Balaban J connectivity index is 2.05. The van der Waals surface area contributed by atoms with E-state index in [0.29, 0.717) is 23.7 Å². The molecule has 132 valence electrons. The van der Waals surface area contributed by atoms with Crippen molar-refractivity contribution >= 4 is 29.1 Å². The summed E-state index contributed by atoms with van der Waals surface area (Å²) in [5.74, 6) is -0.834. The summed E-state index contributed by atoms with van der Waals surface area (Å²) < 4.78 is 13.2. The number of benzene rings is 1. The van der Waals surface area contributed by atoms with Gasteiger partial charge in [0.1, 0.15) is 5.82 Å². The van der Waals surface area contributed by atoms with Crippen molar-refractivity contribution in [1.82, 2.24) is 10.3 Å². The van der Waals surface area contributed by atoms with Crippen LogP contribution in [0.3, 0.4) is 0 Å². The number of carbonyl (C=O) groups excluding carboxylic acids is 2. The van der Waals surface area contributed by atoms with Crippen molar-refractivity contribution in [3.05, 3.63) is 58.6 Å². The van der Waals surface area contributed by atoms with Crippen LogP contribution in [0.5, 0.6) is 0 Å². The minimum atomic E-state index is -0.568. The lowest BCUT2D eigenvalue weighted by Crippen LogP contribution is -2.26. The minimum absolute atomic E-state index is 0.0887. The van der Waals surface area contributed by atoms with E-state index in [1.165, 1.54) is 30.6 Å². The Kier molecular flexibility index (Phi) is 6.47. The predicted octanol–water partition coefficient (Wildman–Crippen LogP) is 3.90. The zero-order chi connectivity index (χ0) is 18.4. The average Bonchev–Trinajstić information content (AvgIpc) is 2.58. The van der Waals surface area contributed by atoms with E-state index in [-0.39, 0.29) is 16.5 Å². The second-order valence-electron chi connectivity index (χ2n) is 5.98. The molecule has 0 aliphatic carbocycles. The fourth-order valence-corrected chi connectivity index (χ4v) is 2.22. The Morgan fingerprint density at radius 2 is 1.84 bits per heavy atom. The lowest BCUT2D eigenvalue weighted by atomic mass is 10.1. The van der Waals surface area contributed by atoms with Gasteiger partial charge in [-0.2, -0.15) is 0 Å². The number of halogens is 2. The highest BCUT2D eigenvalue weighted by Gasteiger charge is 2.12. The molecule has 0 saturated carbocycles. The third-order valence-electron chi connectivity index (χ3n) is 3.45. The van der Waals surface area contributed by atoms with Gasteiger partial charge in [0.05, 0.1) is 16.1 Å². The number of aromatic nitrogens is 1. The first-order chi connectivity index (χ1) is 11.9. The summed E-state index contributed by atoms with van der Waals surface area (Å²) in [6, 6.07) is 5.33. The number of pyridine rings is 1. The van der Waals surface area contributed by atoms with Crippen LogP contribution in [0.25, 0.3) is 0 Å². The number of nitrogens with one attached hydrogen (secondary N) is 2. The van der Waals surface area contributed by atoms with Crippen LogP contribution >= 0.6 is 11.6 Å². The second-order valence-corrected chi connectivity index (χ2v) is 6.39. The normalized spacial score (nSPS) is 10.6. The first-order valence-electron chi connectivity index (χ1n) is 7.86. The number of amides is 2. The number of nitrogens with zero attached hydrogens (tertiary/aromatic N) is 1. The molecule has 0 radical (unpaired) electrons. The minimum Gasteiger partial charge on any atom is -0.352 e. The van der Waals surface area contributed by atoms with Crippen molar-refractivity contribution in [3.8, 4) is 0 Å². The van der Waals surface area contributed by atoms with Crippen LogP contribution in [0.4, 0.5) is 10.1 Å². The Morgan fingerprint density at radius 3 is 2.48 bits per heavy atom. The van der Waals surface area contributed by atoms with Crippen LogP contribution in [-0.4, -0.2) is 23.3 Å². The smallest absolute Gasteiger partial charge is 0.257 e. The summed E-state index contributed by atoms with van der Waals surface area (Å²) in [6.07, 6.45) is 3.62. The molecule has 7 heteroatoms. The standard InChI is InChI=1S/C18H19ClFN3O2/c1-11(2)5-6-22-17(24)12-7-13(10-21-9-12)18(25)23-14-3-4-16(20)15(19)8-14/h3-4,7-11H,5-6H2,1-2H3,(H,22,24)(H,23,25). The summed E-state index contributed by atoms with van der Waals surface area (Å²) in [5.41, 5.74) is 0.869. The highest BCUT2D eigenvalue weighted by atomic mass is 35.5. The van der Waals surface area contributed by atoms with Gasteiger partial charge in [0.25, 0.3) is 11.8 Å². The molecule has 0 atom stereocenters. The van der Waals surface area contributed by atoms with Crippen molar-refractivity contribution in [2.75, 3.05) is 11.9 Å². The van der Waals surface area contributed by atoms with Crippen molar-refractivity contribution in [3.63, 3.8) is 0 Å². The maximum atomic E-state index is 13.2. The van der Waals surface area contributed by atoms with E-state index < -0.39 is 11.7 Å². The van der Waals surface area contributed by atoms with Gasteiger partial charge in [-0.15, -0.1) is 0 Å². The Bertz CT molecular complexity index is 781. The molecule has 0 spiro atoms. The number of anilines is 1. The van der Waals surface area contributed by atoms with Crippen molar-refractivity contribution < 1.29 is 14.0 Å². The van der Waals surface area contributed by atoms with Gasteiger partial charge < -0.3 is 10.6 Å². The topological polar surface area (TPSA) is 71.1 Å². The van der Waals surface area contributed by atoms with Gasteiger partial charge in [-0.05, 0) is 36.6 Å². The molecular formula is C18H19ClFN3O2. The zero-order valence-electron chi connectivity index (χ0n) is 14.0. The molecule has 1 aromatic heterocycles. The molecule has 2 amide bonds. The molecule has 2 rings (SSSR count). The molecule has 0 fully saturated rings. The molecule has 0 aliphatic rings. The van der Waals surface area contributed by atoms with E-state index in [9.17, 15) is 14.0 Å². The van der Waals surface area contributed by atoms with E-state index >= 15 is 0 Å². The second kappa shape index (κ2) is 8.58.